The molecule has 0 saturated carbocycles. The summed E-state index contributed by atoms with van der Waals surface area (Å²) in [6.07, 6.45) is -3.51. The van der Waals surface area contributed by atoms with Crippen LogP contribution in [0.4, 0.5) is 13.2 Å². The van der Waals surface area contributed by atoms with Gasteiger partial charge in [-0.2, -0.15) is 13.2 Å². The van der Waals surface area contributed by atoms with Crippen LogP contribution in [0.5, 0.6) is 0 Å². The summed E-state index contributed by atoms with van der Waals surface area (Å²) in [7, 11) is 0. The molecule has 1 heterocycles. The first-order valence-corrected chi connectivity index (χ1v) is 6.85. The molecule has 23 heavy (non-hydrogen) atoms. The van der Waals surface area contributed by atoms with Gasteiger partial charge in [0.15, 0.2) is 5.58 Å². The third kappa shape index (κ3) is 4.24. The molecule has 0 N–H and O–H groups in total. The van der Waals surface area contributed by atoms with E-state index in [-0.39, 0.29) is 19.5 Å². The fourth-order valence-corrected chi connectivity index (χ4v) is 2.22. The molecule has 8 heteroatoms. The van der Waals surface area contributed by atoms with Crippen molar-refractivity contribution in [3.8, 4) is 0 Å². The Labute approximate surface area is 129 Å². The first-order chi connectivity index (χ1) is 10.8. The van der Waals surface area contributed by atoms with E-state index in [2.05, 4.69) is 6.58 Å². The summed E-state index contributed by atoms with van der Waals surface area (Å²) in [6, 6.07) is 6.63. The van der Waals surface area contributed by atoms with Gasteiger partial charge in [0.05, 0.1) is 5.52 Å². The lowest BCUT2D eigenvalue weighted by molar-refractivity contribution is -0.160. The molecule has 0 aliphatic rings. The van der Waals surface area contributed by atoms with Crippen molar-refractivity contribution < 1.29 is 22.4 Å². The molecule has 1 aromatic heterocycles. The number of aryl methyl sites for hydroxylation is 1. The van der Waals surface area contributed by atoms with Gasteiger partial charge in [0.2, 0.25) is 5.91 Å². The van der Waals surface area contributed by atoms with Crippen LogP contribution in [-0.2, 0) is 11.3 Å². The Balaban J connectivity index is 2.11. The minimum absolute atomic E-state index is 0.0554. The molecule has 2 aromatic rings. The van der Waals surface area contributed by atoms with E-state index < -0.39 is 24.4 Å². The highest BCUT2D eigenvalue weighted by atomic mass is 19.4. The number of carbonyl (C=O) groups excluding carboxylic acids is 1. The predicted molar refractivity (Wildman–Crippen MR) is 77.9 cm³/mol. The van der Waals surface area contributed by atoms with Crippen molar-refractivity contribution in [2.75, 3.05) is 13.1 Å². The number of halogens is 3. The van der Waals surface area contributed by atoms with Crippen LogP contribution in [0.25, 0.3) is 11.1 Å². The zero-order chi connectivity index (χ0) is 17.0. The Bertz CT molecular complexity index is 761. The predicted octanol–water partition coefficient (Wildman–Crippen LogP) is 2.56. The van der Waals surface area contributed by atoms with Crippen LogP contribution in [0.3, 0.4) is 0 Å². The second-order valence-electron chi connectivity index (χ2n) is 4.92. The van der Waals surface area contributed by atoms with Gasteiger partial charge in [-0.15, -0.1) is 6.58 Å². The molecule has 0 bridgehead atoms. The smallest absolute Gasteiger partial charge is 0.408 e. The molecule has 0 fully saturated rings. The molecule has 0 spiro atoms. The summed E-state index contributed by atoms with van der Waals surface area (Å²) >= 11 is 0. The van der Waals surface area contributed by atoms with Gasteiger partial charge in [0.25, 0.3) is 0 Å². The molecule has 124 valence electrons. The van der Waals surface area contributed by atoms with E-state index in [1.165, 1.54) is 10.6 Å². The van der Waals surface area contributed by atoms with Gasteiger partial charge in [-0.3, -0.25) is 9.36 Å². The SMILES string of the molecule is C=CCN(CC(F)(F)F)C(=O)CCn1c(=O)oc2ccccc21. The molecular formula is C15H15F3N2O3. The average Bonchev–Trinajstić information content (AvgIpc) is 2.78. The van der Waals surface area contributed by atoms with E-state index in [1.54, 1.807) is 24.3 Å². The zero-order valence-corrected chi connectivity index (χ0v) is 12.2. The van der Waals surface area contributed by atoms with Gasteiger partial charge in [0, 0.05) is 19.5 Å². The van der Waals surface area contributed by atoms with Crippen LogP contribution in [-0.4, -0.2) is 34.6 Å². The maximum absolute atomic E-state index is 12.5. The number of hydrogen-bond donors (Lipinski definition) is 0. The first kappa shape index (κ1) is 16.9. The number of hydrogen-bond acceptors (Lipinski definition) is 3. The summed E-state index contributed by atoms with van der Waals surface area (Å²) < 4.78 is 43.7. The fourth-order valence-electron chi connectivity index (χ4n) is 2.22. The van der Waals surface area contributed by atoms with Crippen LogP contribution in [0.15, 0.2) is 46.1 Å². The van der Waals surface area contributed by atoms with Crippen molar-refractivity contribution in [3.05, 3.63) is 47.5 Å². The molecule has 0 unspecified atom stereocenters. The van der Waals surface area contributed by atoms with Gasteiger partial charge < -0.3 is 9.32 Å². The number of alkyl halides is 3. The third-order valence-corrected chi connectivity index (χ3v) is 3.20. The van der Waals surface area contributed by atoms with Crippen LogP contribution in [0.1, 0.15) is 6.42 Å². The third-order valence-electron chi connectivity index (χ3n) is 3.20. The maximum Gasteiger partial charge on any atom is 0.419 e. The Morgan fingerprint density at radius 2 is 2.04 bits per heavy atom. The van der Waals surface area contributed by atoms with E-state index in [4.69, 9.17) is 4.42 Å². The standard InChI is InChI=1S/C15H15F3N2O3/c1-2-8-19(10-15(16,17)18)13(21)7-9-20-11-5-3-4-6-12(11)23-14(20)22/h2-6H,1,7-10H2. The second kappa shape index (κ2) is 6.72. The number of para-hydroxylation sites is 2. The van der Waals surface area contributed by atoms with Crippen molar-refractivity contribution in [2.45, 2.75) is 19.1 Å². The number of nitrogens with zero attached hydrogens (tertiary/aromatic N) is 2. The number of carbonyl (C=O) groups is 1. The van der Waals surface area contributed by atoms with Gasteiger partial charge in [-0.1, -0.05) is 18.2 Å². The number of fused-ring (bicyclic) bond motifs is 1. The quantitative estimate of drug-likeness (QED) is 0.766. The highest BCUT2D eigenvalue weighted by Gasteiger charge is 2.32. The molecule has 0 radical (unpaired) electrons. The van der Waals surface area contributed by atoms with E-state index in [0.717, 1.165) is 0 Å². The monoisotopic (exact) mass is 328 g/mol. The number of rotatable bonds is 6. The van der Waals surface area contributed by atoms with Gasteiger partial charge in [-0.25, -0.2) is 4.79 Å². The lowest BCUT2D eigenvalue weighted by atomic mass is 10.3. The topological polar surface area (TPSA) is 55.5 Å². The van der Waals surface area contributed by atoms with E-state index in [1.807, 2.05) is 0 Å². The van der Waals surface area contributed by atoms with Crippen molar-refractivity contribution in [1.82, 2.24) is 9.47 Å². The van der Waals surface area contributed by atoms with Gasteiger partial charge >= 0.3 is 11.9 Å². The first-order valence-electron chi connectivity index (χ1n) is 6.85. The van der Waals surface area contributed by atoms with Crippen LogP contribution >= 0.6 is 0 Å². The highest BCUT2D eigenvalue weighted by Crippen LogP contribution is 2.17. The number of amides is 1. The van der Waals surface area contributed by atoms with E-state index >= 15 is 0 Å². The summed E-state index contributed by atoms with van der Waals surface area (Å²) in [6.45, 7) is 1.73. The number of benzene rings is 1. The summed E-state index contributed by atoms with van der Waals surface area (Å²) in [5.41, 5.74) is 0.861. The molecule has 0 aliphatic carbocycles. The lowest BCUT2D eigenvalue weighted by Gasteiger charge is -2.22. The molecule has 1 aromatic carbocycles. The molecule has 5 nitrogen and oxygen atoms in total. The Kier molecular flexibility index (Phi) is 4.92. The molecule has 0 atom stereocenters. The van der Waals surface area contributed by atoms with E-state index in [0.29, 0.717) is 16.0 Å². The maximum atomic E-state index is 12.5. The molecular weight excluding hydrogens is 313 g/mol. The largest absolute Gasteiger partial charge is 0.419 e. The van der Waals surface area contributed by atoms with Crippen molar-refractivity contribution >= 4 is 17.0 Å². The zero-order valence-electron chi connectivity index (χ0n) is 12.2. The Morgan fingerprint density at radius 3 is 2.70 bits per heavy atom. The minimum atomic E-state index is -4.49. The minimum Gasteiger partial charge on any atom is -0.408 e. The van der Waals surface area contributed by atoms with Crippen molar-refractivity contribution in [2.24, 2.45) is 0 Å². The second-order valence-corrected chi connectivity index (χ2v) is 4.92. The van der Waals surface area contributed by atoms with Crippen LogP contribution < -0.4 is 5.76 Å². The Hall–Kier alpha value is -2.51. The van der Waals surface area contributed by atoms with Gasteiger partial charge in [-0.05, 0) is 12.1 Å². The lowest BCUT2D eigenvalue weighted by Crippen LogP contribution is -2.39. The molecule has 0 saturated heterocycles. The number of oxazole rings is 1. The molecule has 2 rings (SSSR count). The molecule has 0 aliphatic heterocycles. The van der Waals surface area contributed by atoms with Crippen molar-refractivity contribution in [1.29, 1.82) is 0 Å². The summed E-state index contributed by atoms with van der Waals surface area (Å²) in [5, 5.41) is 0. The van der Waals surface area contributed by atoms with Crippen LogP contribution in [0, 0.1) is 0 Å². The number of aromatic nitrogens is 1. The van der Waals surface area contributed by atoms with Crippen molar-refractivity contribution in [3.63, 3.8) is 0 Å². The van der Waals surface area contributed by atoms with E-state index in [9.17, 15) is 22.8 Å². The Morgan fingerprint density at radius 1 is 1.35 bits per heavy atom. The fraction of sp³-hybridized carbons (Fsp3) is 0.333. The summed E-state index contributed by atoms with van der Waals surface area (Å²) in [5.74, 6) is -1.36. The van der Waals surface area contributed by atoms with Gasteiger partial charge in [0.1, 0.15) is 6.54 Å². The highest BCUT2D eigenvalue weighted by molar-refractivity contribution is 5.77. The van der Waals surface area contributed by atoms with Crippen LogP contribution in [0.2, 0.25) is 0 Å². The average molecular weight is 328 g/mol. The molecule has 1 amide bonds. The normalized spacial score (nSPS) is 11.6. The summed E-state index contributed by atoms with van der Waals surface area (Å²) in [4.78, 5) is 24.4.